The third-order valence-corrected chi connectivity index (χ3v) is 13.6. The molecular weight excluding hydrogens is 651 g/mol. The van der Waals surface area contributed by atoms with Crippen LogP contribution in [-0.2, 0) is 24.2 Å². The molecule has 1 saturated carbocycles. The number of carbonyl (C=O) groups excluding carboxylic acids is 2. The van der Waals surface area contributed by atoms with Crippen molar-refractivity contribution >= 4 is 32.0 Å². The Balaban J connectivity index is 1.88. The fraction of sp³-hybridized carbons (Fsp3) is 0.737. The van der Waals surface area contributed by atoms with Gasteiger partial charge in [0, 0.05) is 37.4 Å². The molecule has 0 aromatic carbocycles. The molecule has 1 N–H and O–H groups in total. The van der Waals surface area contributed by atoms with Gasteiger partial charge in [-0.05, 0) is 125 Å². The highest BCUT2D eigenvalue weighted by molar-refractivity contribution is 6.74. The summed E-state index contributed by atoms with van der Waals surface area (Å²) in [4.78, 5) is 32.2. The number of hydrogen-bond acceptors (Lipinski definition) is 8. The van der Waals surface area contributed by atoms with Crippen molar-refractivity contribution in [3.05, 3.63) is 35.8 Å². The number of rotatable bonds is 11. The number of hydrogen-bond donors (Lipinski definition) is 1. The van der Waals surface area contributed by atoms with Gasteiger partial charge in [-0.25, -0.2) is 19.2 Å². The Labute approximate surface area is 302 Å². The Morgan fingerprint density at radius 2 is 1.62 bits per heavy atom. The second-order valence-corrected chi connectivity index (χ2v) is 22.8. The summed E-state index contributed by atoms with van der Waals surface area (Å²) in [5.41, 5.74) is 0.529. The molecule has 2 aromatic heterocycles. The summed E-state index contributed by atoms with van der Waals surface area (Å²) >= 11 is 0. The van der Waals surface area contributed by atoms with Gasteiger partial charge in [0.15, 0.2) is 8.32 Å². The quantitative estimate of drug-likeness (QED) is 0.181. The normalized spacial score (nSPS) is 18.1. The van der Waals surface area contributed by atoms with Crippen LogP contribution < -0.4 is 10.2 Å². The number of ether oxygens (including phenoxy) is 3. The Morgan fingerprint density at radius 3 is 2.20 bits per heavy atom. The van der Waals surface area contributed by atoms with Crippen molar-refractivity contribution in [1.82, 2.24) is 20.1 Å². The number of amides is 2. The summed E-state index contributed by atoms with van der Waals surface area (Å²) in [7, 11) is -1.91. The van der Waals surface area contributed by atoms with Crippen LogP contribution in [0.25, 0.3) is 0 Å². The van der Waals surface area contributed by atoms with Gasteiger partial charge in [-0.1, -0.05) is 20.8 Å². The predicted octanol–water partition coefficient (Wildman–Crippen LogP) is 9.76. The van der Waals surface area contributed by atoms with Crippen molar-refractivity contribution in [3.8, 4) is 0 Å². The number of pyridine rings is 1. The Hall–Kier alpha value is -2.96. The molecule has 1 aliphatic carbocycles. The monoisotopic (exact) mass is 715 g/mol. The number of nitrogens with one attached hydrogen (secondary N) is 1. The van der Waals surface area contributed by atoms with E-state index in [2.05, 4.69) is 64.9 Å². The topological polar surface area (TPSA) is 117 Å². The molecule has 0 aliphatic heterocycles. The van der Waals surface area contributed by atoms with Crippen LogP contribution >= 0.6 is 0 Å². The largest absolute Gasteiger partial charge is 0.444 e. The van der Waals surface area contributed by atoms with Crippen molar-refractivity contribution < 1.29 is 28.2 Å². The molecule has 282 valence electrons. The van der Waals surface area contributed by atoms with Gasteiger partial charge in [-0.3, -0.25) is 4.98 Å². The van der Waals surface area contributed by atoms with Gasteiger partial charge in [-0.15, -0.1) is 0 Å². The van der Waals surface area contributed by atoms with E-state index < -0.39 is 37.2 Å². The fourth-order valence-corrected chi connectivity index (χ4v) is 6.91. The van der Waals surface area contributed by atoms with Crippen LogP contribution in [0.15, 0.2) is 24.4 Å². The van der Waals surface area contributed by atoms with E-state index in [0.717, 1.165) is 25.0 Å². The molecule has 1 unspecified atom stereocenters. The van der Waals surface area contributed by atoms with Gasteiger partial charge in [0.05, 0.1) is 28.7 Å². The Morgan fingerprint density at radius 1 is 0.980 bits per heavy atom. The highest BCUT2D eigenvalue weighted by Crippen LogP contribution is 2.44. The molecule has 2 heterocycles. The first-order valence-corrected chi connectivity index (χ1v) is 21.0. The van der Waals surface area contributed by atoms with Gasteiger partial charge in [0.2, 0.25) is 0 Å². The van der Waals surface area contributed by atoms with Crippen LogP contribution in [0.1, 0.15) is 139 Å². The number of carbonyl (C=O) groups is 2. The van der Waals surface area contributed by atoms with E-state index in [9.17, 15) is 9.59 Å². The first-order valence-electron chi connectivity index (χ1n) is 18.1. The van der Waals surface area contributed by atoms with Crippen LogP contribution in [0.4, 0.5) is 21.1 Å². The maximum absolute atomic E-state index is 14.1. The van der Waals surface area contributed by atoms with Crippen molar-refractivity contribution in [2.24, 2.45) is 0 Å². The summed E-state index contributed by atoms with van der Waals surface area (Å²) in [6, 6.07) is 5.72. The van der Waals surface area contributed by atoms with E-state index in [1.165, 1.54) is 0 Å². The molecular formula is C38H65N5O6Si. The van der Waals surface area contributed by atoms with E-state index in [0.29, 0.717) is 36.8 Å². The zero-order valence-electron chi connectivity index (χ0n) is 33.5. The highest BCUT2D eigenvalue weighted by atomic mass is 28.4. The molecule has 3 rings (SSSR count). The van der Waals surface area contributed by atoms with Gasteiger partial charge < -0.3 is 24.0 Å². The molecule has 0 radical (unpaired) electrons. The Kier molecular flexibility index (Phi) is 13.0. The first-order chi connectivity index (χ1) is 22.8. The molecule has 3 atom stereocenters. The maximum Gasteiger partial charge on any atom is 0.420 e. The smallest absolute Gasteiger partial charge is 0.420 e. The zero-order valence-corrected chi connectivity index (χ0v) is 34.5. The molecule has 0 bridgehead atoms. The lowest BCUT2D eigenvalue weighted by Gasteiger charge is -2.38. The average molecular weight is 716 g/mol. The van der Waals surface area contributed by atoms with Gasteiger partial charge in [-0.2, -0.15) is 5.10 Å². The lowest BCUT2D eigenvalue weighted by atomic mass is 10.0. The number of aromatic nitrogens is 3. The molecule has 1 fully saturated rings. The lowest BCUT2D eigenvalue weighted by molar-refractivity contribution is 0.0481. The van der Waals surface area contributed by atoms with Gasteiger partial charge in [0.25, 0.3) is 0 Å². The number of alkyl carbamates (subject to hydrolysis) is 1. The Bertz CT molecular complexity index is 1450. The summed E-state index contributed by atoms with van der Waals surface area (Å²) in [6.45, 7) is 31.5. The van der Waals surface area contributed by atoms with Crippen molar-refractivity contribution in [2.75, 3.05) is 18.1 Å². The third kappa shape index (κ3) is 11.8. The van der Waals surface area contributed by atoms with E-state index in [-0.39, 0.29) is 23.2 Å². The standard InChI is InChI=1S/C38H65N5O6Si/c1-26(46-22-16-20-40-33(44)47-36(5,6)7)30-24-28(19-21-39-30)42(34(45)48-37(8,9)10)32-25-31(41-43(32)35(2,3)4)27-17-18-29(23-27)49-50(14,15)38(11,12)13/h19,21,24-27,29H,16-18,20,22-23H2,1-15H3,(H,40,44)/t26?,27-,29+/m0/s1. The first kappa shape index (κ1) is 41.5. The summed E-state index contributed by atoms with van der Waals surface area (Å²) in [5, 5.41) is 8.06. The molecule has 12 heteroatoms. The van der Waals surface area contributed by atoms with Crippen molar-refractivity contribution in [3.63, 3.8) is 0 Å². The lowest BCUT2D eigenvalue weighted by Crippen LogP contribution is -2.43. The zero-order chi connectivity index (χ0) is 37.9. The van der Waals surface area contributed by atoms with E-state index >= 15 is 0 Å². The molecule has 50 heavy (non-hydrogen) atoms. The van der Waals surface area contributed by atoms with E-state index in [4.69, 9.17) is 23.7 Å². The van der Waals surface area contributed by atoms with E-state index in [1.807, 2.05) is 71.3 Å². The average Bonchev–Trinajstić information content (AvgIpc) is 3.58. The number of nitrogens with zero attached hydrogens (tertiary/aromatic N) is 4. The van der Waals surface area contributed by atoms with Crippen LogP contribution in [0.2, 0.25) is 18.1 Å². The molecule has 11 nitrogen and oxygen atoms in total. The van der Waals surface area contributed by atoms with Gasteiger partial charge in [0.1, 0.15) is 17.0 Å². The van der Waals surface area contributed by atoms with Crippen LogP contribution in [0.5, 0.6) is 0 Å². The third-order valence-electron chi connectivity index (χ3n) is 9.02. The molecule has 2 amide bonds. The minimum atomic E-state index is -1.91. The molecule has 0 saturated heterocycles. The molecule has 2 aromatic rings. The fourth-order valence-electron chi connectivity index (χ4n) is 5.51. The second kappa shape index (κ2) is 15.7. The van der Waals surface area contributed by atoms with Crippen LogP contribution in [0, 0.1) is 0 Å². The minimum Gasteiger partial charge on any atom is -0.444 e. The predicted molar refractivity (Wildman–Crippen MR) is 202 cm³/mol. The number of anilines is 2. The van der Waals surface area contributed by atoms with Crippen molar-refractivity contribution in [2.45, 2.75) is 169 Å². The van der Waals surface area contributed by atoms with Crippen LogP contribution in [-0.4, -0.2) is 65.7 Å². The van der Waals surface area contributed by atoms with Gasteiger partial charge >= 0.3 is 12.2 Å². The van der Waals surface area contributed by atoms with E-state index in [1.54, 1.807) is 11.1 Å². The van der Waals surface area contributed by atoms with Crippen molar-refractivity contribution in [1.29, 1.82) is 0 Å². The summed E-state index contributed by atoms with van der Waals surface area (Å²) < 4.78 is 26.1. The second-order valence-electron chi connectivity index (χ2n) is 18.1. The maximum atomic E-state index is 14.1. The molecule has 1 aliphatic rings. The minimum absolute atomic E-state index is 0.144. The van der Waals surface area contributed by atoms with Crippen LogP contribution in [0.3, 0.4) is 0 Å². The highest BCUT2D eigenvalue weighted by Gasteiger charge is 2.42. The summed E-state index contributed by atoms with van der Waals surface area (Å²) in [6.07, 6.45) is 4.04. The molecule has 0 spiro atoms. The SMILES string of the molecule is CC(OCCCNC(=O)OC(C)(C)C)c1cc(N(C(=O)OC(C)(C)C)c2cc([C@H]3CC[C@@H](O[Si](C)(C)C(C)(C)C)C3)nn2C(C)(C)C)ccn1. The summed E-state index contributed by atoms with van der Waals surface area (Å²) in [5.74, 6) is 0.855.